The number of para-hydroxylation sites is 1. The molecule has 4 unspecified atom stereocenters. The monoisotopic (exact) mass is 578 g/mol. The van der Waals surface area contributed by atoms with E-state index in [2.05, 4.69) is 20.9 Å². The highest BCUT2D eigenvalue weighted by Gasteiger charge is 2.32. The average molecular weight is 579 g/mol. The van der Waals surface area contributed by atoms with Gasteiger partial charge >= 0.3 is 5.97 Å². The van der Waals surface area contributed by atoms with Crippen LogP contribution in [-0.2, 0) is 32.0 Å². The number of amides is 3. The second kappa shape index (κ2) is 15.7. The zero-order valence-corrected chi connectivity index (χ0v) is 24.1. The summed E-state index contributed by atoms with van der Waals surface area (Å²) in [6.45, 7) is 3.99. The van der Waals surface area contributed by atoms with E-state index in [4.69, 9.17) is 11.5 Å². The maximum absolute atomic E-state index is 13.7. The van der Waals surface area contributed by atoms with Crippen LogP contribution in [0.4, 0.5) is 0 Å². The number of rotatable bonds is 16. The number of carboxylic acids is 1. The Morgan fingerprint density at radius 1 is 0.833 bits per heavy atom. The number of hydrogen-bond donors (Lipinski definition) is 7. The number of nitrogens with two attached hydrogens (primary N) is 2. The van der Waals surface area contributed by atoms with Gasteiger partial charge in [-0.2, -0.15) is 0 Å². The number of fused-ring (bicyclic) bond motifs is 1. The van der Waals surface area contributed by atoms with Gasteiger partial charge < -0.3 is 37.5 Å². The molecule has 0 aliphatic rings. The number of unbranched alkanes of at least 4 members (excludes halogenated alkanes) is 1. The summed E-state index contributed by atoms with van der Waals surface area (Å²) in [5.74, 6) is -3.24. The van der Waals surface area contributed by atoms with E-state index in [1.54, 1.807) is 44.3 Å². The fourth-order valence-electron chi connectivity index (χ4n) is 4.75. The third-order valence-electron chi connectivity index (χ3n) is 7.18. The molecule has 0 fully saturated rings. The first kappa shape index (κ1) is 32.3. The lowest BCUT2D eigenvalue weighted by atomic mass is 9.99. The average Bonchev–Trinajstić information content (AvgIpc) is 3.38. The van der Waals surface area contributed by atoms with Crippen LogP contribution in [0.1, 0.15) is 44.2 Å². The van der Waals surface area contributed by atoms with Gasteiger partial charge in [-0.05, 0) is 42.5 Å². The Balaban J connectivity index is 1.78. The number of aromatic nitrogens is 1. The maximum Gasteiger partial charge on any atom is 0.326 e. The first-order valence-electron chi connectivity index (χ1n) is 14.3. The second-order valence-electron chi connectivity index (χ2n) is 10.8. The number of H-pyrrole nitrogens is 1. The SMILES string of the molecule is CC(C)C(NC(=O)C(Cc1c[nH]c2ccccc12)NC(=O)C(N)CCCCN)C(=O)NC(Cc1ccccc1)C(=O)O. The van der Waals surface area contributed by atoms with Crippen molar-refractivity contribution in [2.24, 2.45) is 17.4 Å². The minimum atomic E-state index is -1.19. The van der Waals surface area contributed by atoms with Crippen molar-refractivity contribution < 1.29 is 24.3 Å². The molecule has 11 nitrogen and oxygen atoms in total. The van der Waals surface area contributed by atoms with Crippen LogP contribution in [0.2, 0.25) is 0 Å². The molecular weight excluding hydrogens is 536 g/mol. The van der Waals surface area contributed by atoms with Gasteiger partial charge in [0.1, 0.15) is 18.1 Å². The van der Waals surface area contributed by atoms with Gasteiger partial charge in [-0.15, -0.1) is 0 Å². The van der Waals surface area contributed by atoms with E-state index in [0.29, 0.717) is 19.4 Å². The van der Waals surface area contributed by atoms with Crippen LogP contribution < -0.4 is 27.4 Å². The van der Waals surface area contributed by atoms with Crippen molar-refractivity contribution in [2.75, 3.05) is 6.54 Å². The van der Waals surface area contributed by atoms with Gasteiger partial charge in [-0.3, -0.25) is 14.4 Å². The van der Waals surface area contributed by atoms with E-state index in [-0.39, 0.29) is 18.8 Å². The van der Waals surface area contributed by atoms with E-state index in [0.717, 1.165) is 28.5 Å². The molecule has 0 aliphatic heterocycles. The zero-order chi connectivity index (χ0) is 30.6. The summed E-state index contributed by atoms with van der Waals surface area (Å²) in [5.41, 5.74) is 14.1. The summed E-state index contributed by atoms with van der Waals surface area (Å²) in [6, 6.07) is 12.5. The number of carboxylic acid groups (broad SMARTS) is 1. The molecule has 3 aromatic rings. The lowest BCUT2D eigenvalue weighted by molar-refractivity contribution is -0.142. The van der Waals surface area contributed by atoms with Crippen LogP contribution in [-0.4, -0.2) is 64.5 Å². The summed E-state index contributed by atoms with van der Waals surface area (Å²) >= 11 is 0. The molecular formula is C31H42N6O5. The predicted octanol–water partition coefficient (Wildman–Crippen LogP) is 1.60. The molecule has 0 saturated heterocycles. The summed E-state index contributed by atoms with van der Waals surface area (Å²) in [7, 11) is 0. The van der Waals surface area contributed by atoms with Crippen LogP contribution in [0.5, 0.6) is 0 Å². The summed E-state index contributed by atoms with van der Waals surface area (Å²) in [5, 5.41) is 18.8. The molecule has 1 aromatic heterocycles. The van der Waals surface area contributed by atoms with E-state index >= 15 is 0 Å². The zero-order valence-electron chi connectivity index (χ0n) is 24.1. The molecule has 9 N–H and O–H groups in total. The number of aliphatic carboxylic acids is 1. The number of benzene rings is 2. The van der Waals surface area contributed by atoms with Crippen molar-refractivity contribution in [2.45, 2.75) is 70.1 Å². The number of aromatic amines is 1. The molecule has 2 aromatic carbocycles. The van der Waals surface area contributed by atoms with Crippen molar-refractivity contribution in [1.29, 1.82) is 0 Å². The highest BCUT2D eigenvalue weighted by atomic mass is 16.4. The maximum atomic E-state index is 13.7. The topological polar surface area (TPSA) is 192 Å². The van der Waals surface area contributed by atoms with Crippen molar-refractivity contribution in [3.63, 3.8) is 0 Å². The fraction of sp³-hybridized carbons (Fsp3) is 0.419. The molecule has 0 saturated carbocycles. The molecule has 226 valence electrons. The highest BCUT2D eigenvalue weighted by Crippen LogP contribution is 2.19. The molecule has 3 amide bonds. The van der Waals surface area contributed by atoms with Gasteiger partial charge in [0, 0.05) is 29.9 Å². The number of hydrogen-bond acceptors (Lipinski definition) is 6. The minimum Gasteiger partial charge on any atom is -0.480 e. The molecule has 0 aliphatic carbocycles. The van der Waals surface area contributed by atoms with Crippen LogP contribution in [0, 0.1) is 5.92 Å². The Bertz CT molecular complexity index is 1340. The summed E-state index contributed by atoms with van der Waals surface area (Å²) in [6.07, 6.45) is 3.84. The van der Waals surface area contributed by atoms with Crippen LogP contribution >= 0.6 is 0 Å². The van der Waals surface area contributed by atoms with Crippen molar-refractivity contribution in [3.8, 4) is 0 Å². The molecule has 42 heavy (non-hydrogen) atoms. The Labute approximate surface area is 245 Å². The van der Waals surface area contributed by atoms with E-state index in [1.807, 2.05) is 30.3 Å². The van der Waals surface area contributed by atoms with E-state index in [9.17, 15) is 24.3 Å². The molecule has 11 heteroatoms. The standard InChI is InChI=1S/C31H42N6O5/c1-19(2)27(30(40)36-26(31(41)42)16-20-10-4-3-5-11-20)37-29(39)25(35-28(38)23(33)13-8-9-15-32)17-21-18-34-24-14-7-6-12-22(21)24/h3-7,10-12,14,18-19,23,25-27,34H,8-9,13,15-17,32-33H2,1-2H3,(H,35,38)(H,36,40)(H,37,39)(H,41,42). The predicted molar refractivity (Wildman–Crippen MR) is 161 cm³/mol. The highest BCUT2D eigenvalue weighted by molar-refractivity contribution is 5.95. The van der Waals surface area contributed by atoms with Crippen LogP contribution in [0.25, 0.3) is 10.9 Å². The minimum absolute atomic E-state index is 0.0853. The van der Waals surface area contributed by atoms with Crippen LogP contribution in [0.3, 0.4) is 0 Å². The summed E-state index contributed by atoms with van der Waals surface area (Å²) < 4.78 is 0. The molecule has 1 heterocycles. The Kier molecular flexibility index (Phi) is 12.1. The number of carbonyl (C=O) groups is 4. The normalized spacial score (nSPS) is 14.1. The van der Waals surface area contributed by atoms with Crippen molar-refractivity contribution in [3.05, 3.63) is 71.9 Å². The van der Waals surface area contributed by atoms with Gasteiger partial charge in [0.15, 0.2) is 0 Å². The Morgan fingerprint density at radius 3 is 2.17 bits per heavy atom. The second-order valence-corrected chi connectivity index (χ2v) is 10.8. The lowest BCUT2D eigenvalue weighted by Crippen LogP contribution is -2.59. The Morgan fingerprint density at radius 2 is 1.50 bits per heavy atom. The fourth-order valence-corrected chi connectivity index (χ4v) is 4.75. The third kappa shape index (κ3) is 9.15. The molecule has 4 atom stereocenters. The van der Waals surface area contributed by atoms with E-state index in [1.165, 1.54) is 0 Å². The van der Waals surface area contributed by atoms with Gasteiger partial charge in [0.2, 0.25) is 17.7 Å². The number of nitrogens with one attached hydrogen (secondary N) is 4. The van der Waals surface area contributed by atoms with Crippen molar-refractivity contribution in [1.82, 2.24) is 20.9 Å². The third-order valence-corrected chi connectivity index (χ3v) is 7.18. The first-order valence-corrected chi connectivity index (χ1v) is 14.3. The molecule has 0 bridgehead atoms. The first-order chi connectivity index (χ1) is 20.1. The van der Waals surface area contributed by atoms with Gasteiger partial charge in [0.05, 0.1) is 6.04 Å². The Hall–Kier alpha value is -4.22. The van der Waals surface area contributed by atoms with Gasteiger partial charge in [-0.1, -0.05) is 68.8 Å². The number of carbonyl (C=O) groups excluding carboxylic acids is 3. The molecule has 3 rings (SSSR count). The smallest absolute Gasteiger partial charge is 0.326 e. The molecule has 0 spiro atoms. The van der Waals surface area contributed by atoms with Gasteiger partial charge in [0.25, 0.3) is 0 Å². The van der Waals surface area contributed by atoms with Crippen LogP contribution in [0.15, 0.2) is 60.8 Å². The quantitative estimate of drug-likeness (QED) is 0.125. The largest absolute Gasteiger partial charge is 0.480 e. The van der Waals surface area contributed by atoms with Crippen molar-refractivity contribution >= 4 is 34.6 Å². The summed E-state index contributed by atoms with van der Waals surface area (Å²) in [4.78, 5) is 55.1. The molecule has 0 radical (unpaired) electrons. The van der Waals surface area contributed by atoms with Gasteiger partial charge in [-0.25, -0.2) is 4.79 Å². The lowest BCUT2D eigenvalue weighted by Gasteiger charge is -2.27. The van der Waals surface area contributed by atoms with E-state index < -0.39 is 47.9 Å².